The first-order valence-corrected chi connectivity index (χ1v) is 11.5. The van der Waals surface area contributed by atoms with Gasteiger partial charge in [-0.15, -0.1) is 11.8 Å². The summed E-state index contributed by atoms with van der Waals surface area (Å²) in [7, 11) is 1.57. The number of carbonyl (C=O) groups excluding carboxylic acids is 3. The summed E-state index contributed by atoms with van der Waals surface area (Å²) in [4.78, 5) is 41.2. The number of hydrogen-bond acceptors (Lipinski definition) is 7. The fraction of sp³-hybridized carbons (Fsp3) is 0.591. The summed E-state index contributed by atoms with van der Waals surface area (Å²) in [5.74, 6) is -1.37. The molecule has 2 N–H and O–H groups in total. The highest BCUT2D eigenvalue weighted by atomic mass is 32.2. The molecule has 0 saturated carbocycles. The molecule has 1 spiro atoms. The highest BCUT2D eigenvalue weighted by Gasteiger charge is 2.76. The molecule has 2 amide bonds. The number of amides is 2. The molecule has 0 radical (unpaired) electrons. The van der Waals surface area contributed by atoms with Crippen LogP contribution in [0.25, 0.3) is 0 Å². The minimum absolute atomic E-state index is 0.0458. The summed E-state index contributed by atoms with van der Waals surface area (Å²) < 4.78 is 9.73. The number of methoxy groups -OCH3 is 1. The van der Waals surface area contributed by atoms with Gasteiger partial charge in [-0.1, -0.05) is 6.92 Å². The lowest BCUT2D eigenvalue weighted by molar-refractivity contribution is -0.154. The zero-order valence-electron chi connectivity index (χ0n) is 17.9. The van der Waals surface area contributed by atoms with Gasteiger partial charge in [-0.25, -0.2) is 0 Å². The Morgan fingerprint density at radius 3 is 2.65 bits per heavy atom. The molecule has 4 rings (SSSR count). The Balaban J connectivity index is 1.69. The first-order valence-electron chi connectivity index (χ1n) is 10.6. The van der Waals surface area contributed by atoms with E-state index in [2.05, 4.69) is 5.32 Å². The van der Waals surface area contributed by atoms with Gasteiger partial charge in [0.2, 0.25) is 11.8 Å². The first-order chi connectivity index (χ1) is 14.9. The number of rotatable bonds is 7. The third-order valence-corrected chi connectivity index (χ3v) is 8.83. The Labute approximate surface area is 185 Å². The van der Waals surface area contributed by atoms with Gasteiger partial charge in [0.25, 0.3) is 0 Å². The van der Waals surface area contributed by atoms with Crippen LogP contribution in [0.1, 0.15) is 20.3 Å². The number of hydrogen-bond donors (Lipinski definition) is 2. The number of benzene rings is 1. The Morgan fingerprint density at radius 2 is 2.03 bits per heavy atom. The number of ether oxygens (including phenoxy) is 2. The molecular formula is C22H28N2O6S. The van der Waals surface area contributed by atoms with E-state index in [0.717, 1.165) is 6.42 Å². The predicted octanol–water partition coefficient (Wildman–Crippen LogP) is 1.53. The fourth-order valence-electron chi connectivity index (χ4n) is 5.56. The molecule has 8 nitrogen and oxygen atoms in total. The number of fused-ring (bicyclic) bond motifs is 1. The van der Waals surface area contributed by atoms with E-state index in [0.29, 0.717) is 11.4 Å². The number of nitrogens with one attached hydrogen (secondary N) is 1. The van der Waals surface area contributed by atoms with Crippen molar-refractivity contribution in [3.05, 3.63) is 24.3 Å². The van der Waals surface area contributed by atoms with Crippen LogP contribution in [0.5, 0.6) is 5.75 Å². The van der Waals surface area contributed by atoms with Gasteiger partial charge in [0, 0.05) is 17.5 Å². The average molecular weight is 449 g/mol. The molecule has 3 aliphatic rings. The zero-order valence-corrected chi connectivity index (χ0v) is 18.7. The van der Waals surface area contributed by atoms with E-state index in [4.69, 9.17) is 9.47 Å². The molecule has 1 aromatic carbocycles. The van der Waals surface area contributed by atoms with Crippen LogP contribution in [-0.2, 0) is 19.1 Å². The third kappa shape index (κ3) is 3.29. The van der Waals surface area contributed by atoms with Crippen LogP contribution in [0.15, 0.2) is 24.3 Å². The van der Waals surface area contributed by atoms with Gasteiger partial charge >= 0.3 is 5.97 Å². The average Bonchev–Trinajstić information content (AvgIpc) is 3.33. The predicted molar refractivity (Wildman–Crippen MR) is 116 cm³/mol. The summed E-state index contributed by atoms with van der Waals surface area (Å²) >= 11 is 1.58. The molecule has 1 aromatic rings. The smallest absolute Gasteiger partial charge is 0.310 e. The monoisotopic (exact) mass is 448 g/mol. The van der Waals surface area contributed by atoms with E-state index < -0.39 is 22.6 Å². The van der Waals surface area contributed by atoms with Gasteiger partial charge in [-0.3, -0.25) is 14.4 Å². The van der Waals surface area contributed by atoms with Crippen LogP contribution in [0.3, 0.4) is 0 Å². The summed E-state index contributed by atoms with van der Waals surface area (Å²) in [5.41, 5.74) is 0.592. The number of thioether (sulfide) groups is 1. The second kappa shape index (κ2) is 8.35. The fourth-order valence-corrected chi connectivity index (χ4v) is 7.97. The lowest BCUT2D eigenvalue weighted by Gasteiger charge is -2.38. The third-order valence-electron chi connectivity index (χ3n) is 6.75. The molecule has 6 atom stereocenters. The molecule has 3 unspecified atom stereocenters. The van der Waals surface area contributed by atoms with Gasteiger partial charge in [-0.2, -0.15) is 0 Å². The minimum Gasteiger partial charge on any atom is -0.497 e. The molecular weight excluding hydrogens is 420 g/mol. The van der Waals surface area contributed by atoms with Crippen molar-refractivity contribution in [3.8, 4) is 5.75 Å². The molecule has 3 heterocycles. The highest BCUT2D eigenvalue weighted by molar-refractivity contribution is 8.02. The van der Waals surface area contributed by atoms with Crippen LogP contribution in [0, 0.1) is 17.8 Å². The molecule has 0 aliphatic carbocycles. The normalized spacial score (nSPS) is 33.4. The lowest BCUT2D eigenvalue weighted by atomic mass is 9.66. The largest absolute Gasteiger partial charge is 0.497 e. The topological polar surface area (TPSA) is 105 Å². The summed E-state index contributed by atoms with van der Waals surface area (Å²) in [6.07, 6.45) is 0.747. The zero-order chi connectivity index (χ0) is 22.3. The molecule has 31 heavy (non-hydrogen) atoms. The number of carbonyl (C=O) groups is 3. The molecule has 3 saturated heterocycles. The van der Waals surface area contributed by atoms with E-state index >= 15 is 0 Å². The van der Waals surface area contributed by atoms with Crippen molar-refractivity contribution in [1.82, 2.24) is 4.90 Å². The van der Waals surface area contributed by atoms with Gasteiger partial charge in [-0.05, 0) is 43.5 Å². The SMILES string of the molecule is CCOC(=O)[C@@H]1[C@@H]2CC(C)C3(S2)C(C(=O)Nc2ccc(OC)cc2)N(CCO)C(=O)[C@H]13. The summed E-state index contributed by atoms with van der Waals surface area (Å²) in [6, 6.07) is 6.20. The van der Waals surface area contributed by atoms with Crippen molar-refractivity contribution >= 4 is 35.2 Å². The highest BCUT2D eigenvalue weighted by Crippen LogP contribution is 2.68. The summed E-state index contributed by atoms with van der Waals surface area (Å²) in [5, 5.41) is 12.5. The van der Waals surface area contributed by atoms with Crippen molar-refractivity contribution in [1.29, 1.82) is 0 Å². The molecule has 2 bridgehead atoms. The molecule has 3 aliphatic heterocycles. The molecule has 9 heteroatoms. The second-order valence-electron chi connectivity index (χ2n) is 8.28. The Hall–Kier alpha value is -2.26. The second-order valence-corrected chi connectivity index (χ2v) is 9.83. The summed E-state index contributed by atoms with van der Waals surface area (Å²) in [6.45, 7) is 3.83. The van der Waals surface area contributed by atoms with Gasteiger partial charge < -0.3 is 24.8 Å². The number of anilines is 1. The number of likely N-dealkylation sites (tertiary alicyclic amines) is 1. The van der Waals surface area contributed by atoms with Crippen molar-refractivity contribution in [2.75, 3.05) is 32.2 Å². The maximum Gasteiger partial charge on any atom is 0.310 e. The van der Waals surface area contributed by atoms with Gasteiger partial charge in [0.15, 0.2) is 0 Å². The Bertz CT molecular complexity index is 877. The number of β-amino-alcohol motifs (C(OH)–C–C–N with tert-alkyl or cyclic N) is 1. The minimum atomic E-state index is -0.774. The van der Waals surface area contributed by atoms with Crippen molar-refractivity contribution < 1.29 is 29.0 Å². The standard InChI is InChI=1S/C22H28N2O6S/c1-4-30-21(28)16-15-11-12(2)22(31-15)17(16)20(27)24(9-10-25)18(22)19(26)23-13-5-7-14(29-3)8-6-13/h5-8,12,15-18,25H,4,9-11H2,1-3H3,(H,23,26)/t12?,15-,16+,17-,18?,22?/m0/s1. The lowest BCUT2D eigenvalue weighted by Crippen LogP contribution is -2.54. The number of aliphatic hydroxyl groups excluding tert-OH is 1. The van der Waals surface area contributed by atoms with Crippen LogP contribution < -0.4 is 10.1 Å². The molecule has 0 aromatic heterocycles. The Morgan fingerprint density at radius 1 is 1.32 bits per heavy atom. The van der Waals surface area contributed by atoms with Crippen LogP contribution in [0.2, 0.25) is 0 Å². The quantitative estimate of drug-likeness (QED) is 0.610. The molecule has 3 fully saturated rings. The number of nitrogens with zero attached hydrogens (tertiary/aromatic N) is 1. The molecule has 168 valence electrons. The van der Waals surface area contributed by atoms with Crippen molar-refractivity contribution in [2.45, 2.75) is 36.3 Å². The van der Waals surface area contributed by atoms with Crippen molar-refractivity contribution in [3.63, 3.8) is 0 Å². The van der Waals surface area contributed by atoms with Crippen LogP contribution in [0.4, 0.5) is 5.69 Å². The van der Waals surface area contributed by atoms with E-state index in [1.165, 1.54) is 4.90 Å². The van der Waals surface area contributed by atoms with E-state index in [1.54, 1.807) is 50.1 Å². The first kappa shape index (κ1) is 22.0. The van der Waals surface area contributed by atoms with Crippen LogP contribution >= 0.6 is 11.8 Å². The van der Waals surface area contributed by atoms with E-state index in [-0.39, 0.29) is 48.7 Å². The Kier molecular flexibility index (Phi) is 5.91. The number of esters is 1. The van der Waals surface area contributed by atoms with Gasteiger partial charge in [0.1, 0.15) is 11.8 Å². The maximum atomic E-state index is 13.5. The number of aliphatic hydroxyl groups is 1. The maximum absolute atomic E-state index is 13.5. The van der Waals surface area contributed by atoms with Gasteiger partial charge in [0.05, 0.1) is 36.9 Å². The van der Waals surface area contributed by atoms with E-state index in [9.17, 15) is 19.5 Å². The van der Waals surface area contributed by atoms with Crippen LogP contribution in [-0.4, -0.2) is 70.7 Å². The van der Waals surface area contributed by atoms with Crippen molar-refractivity contribution in [2.24, 2.45) is 17.8 Å². The van der Waals surface area contributed by atoms with E-state index in [1.807, 2.05) is 6.92 Å².